The minimum atomic E-state index is -0.186. The maximum Gasteiger partial charge on any atom is 0.261 e. The van der Waals surface area contributed by atoms with Crippen molar-refractivity contribution >= 4 is 23.2 Å². The molecule has 8 heteroatoms. The molecule has 134 valence electrons. The molecule has 0 unspecified atom stereocenters. The number of carbonyl (C=O) groups excluding carboxylic acids is 2. The second-order valence-corrected chi connectivity index (χ2v) is 7.07. The van der Waals surface area contributed by atoms with Crippen LogP contribution in [0.15, 0.2) is 29.9 Å². The fourth-order valence-electron chi connectivity index (χ4n) is 2.89. The summed E-state index contributed by atoms with van der Waals surface area (Å²) >= 11 is 1.37. The summed E-state index contributed by atoms with van der Waals surface area (Å²) in [4.78, 5) is 33.5. The number of nitrogens with one attached hydrogen (secondary N) is 1. The van der Waals surface area contributed by atoms with Crippen molar-refractivity contribution in [3.05, 3.63) is 40.6 Å². The summed E-state index contributed by atoms with van der Waals surface area (Å²) in [5.74, 6) is 0.821. The Kier molecular flexibility index (Phi) is 5.83. The van der Waals surface area contributed by atoms with Crippen LogP contribution in [0.25, 0.3) is 0 Å². The topological polar surface area (TPSA) is 70.5 Å². The zero-order valence-corrected chi connectivity index (χ0v) is 15.2. The Balaban J connectivity index is 1.46. The summed E-state index contributed by atoms with van der Waals surface area (Å²) in [5, 5.41) is 4.56. The Morgan fingerprint density at radius 3 is 2.88 bits per heavy atom. The Bertz CT molecular complexity index is 712. The monoisotopic (exact) mass is 361 g/mol. The van der Waals surface area contributed by atoms with E-state index < -0.39 is 0 Å². The minimum Gasteiger partial charge on any atom is -0.342 e. The van der Waals surface area contributed by atoms with Gasteiger partial charge in [-0.15, -0.1) is 11.3 Å². The molecule has 0 saturated carbocycles. The fourth-order valence-corrected chi connectivity index (χ4v) is 3.53. The number of thiophene rings is 1. The Hall–Kier alpha value is -2.19. The maximum absolute atomic E-state index is 12.4. The molecule has 7 nitrogen and oxygen atoms in total. The first-order chi connectivity index (χ1) is 12.1. The third-order valence-electron chi connectivity index (χ3n) is 4.37. The molecule has 25 heavy (non-hydrogen) atoms. The predicted octanol–water partition coefficient (Wildman–Crippen LogP) is 0.946. The van der Waals surface area contributed by atoms with Crippen molar-refractivity contribution in [2.75, 3.05) is 32.7 Å². The highest BCUT2D eigenvalue weighted by atomic mass is 32.1. The summed E-state index contributed by atoms with van der Waals surface area (Å²) in [6.07, 6.45) is 4.67. The smallest absolute Gasteiger partial charge is 0.261 e. The van der Waals surface area contributed by atoms with Crippen molar-refractivity contribution in [2.24, 2.45) is 7.05 Å². The number of nitrogens with zero attached hydrogens (tertiary/aromatic N) is 4. The van der Waals surface area contributed by atoms with Crippen LogP contribution < -0.4 is 5.32 Å². The van der Waals surface area contributed by atoms with Gasteiger partial charge in [-0.1, -0.05) is 6.07 Å². The van der Waals surface area contributed by atoms with Crippen molar-refractivity contribution in [3.63, 3.8) is 0 Å². The Morgan fingerprint density at radius 2 is 2.16 bits per heavy atom. The standard InChI is InChI=1S/C17H23N5O2S/c1-20-8-5-18-15(20)13-21-6-3-7-22(10-9-21)16(23)12-19-17(24)14-4-2-11-25-14/h2,4-5,8,11H,3,6-7,9-10,12-13H2,1H3,(H,19,24). The molecule has 3 rings (SSSR count). The molecular weight excluding hydrogens is 338 g/mol. The van der Waals surface area contributed by atoms with Crippen LogP contribution in [-0.4, -0.2) is 63.9 Å². The van der Waals surface area contributed by atoms with Gasteiger partial charge in [-0.2, -0.15) is 0 Å². The number of imidazole rings is 1. The van der Waals surface area contributed by atoms with Crippen LogP contribution in [0.2, 0.25) is 0 Å². The molecule has 1 fully saturated rings. The summed E-state index contributed by atoms with van der Waals surface area (Å²) in [6.45, 7) is 4.01. The SMILES string of the molecule is Cn1ccnc1CN1CCCN(C(=O)CNC(=O)c2cccs2)CC1. The quantitative estimate of drug-likeness (QED) is 0.861. The minimum absolute atomic E-state index is 0.0243. The molecule has 0 atom stereocenters. The van der Waals surface area contributed by atoms with E-state index in [2.05, 4.69) is 15.2 Å². The first-order valence-corrected chi connectivity index (χ1v) is 9.29. The Labute approximate surface area is 151 Å². The van der Waals surface area contributed by atoms with Gasteiger partial charge in [-0.3, -0.25) is 14.5 Å². The summed E-state index contributed by atoms with van der Waals surface area (Å²) < 4.78 is 2.02. The molecule has 0 radical (unpaired) electrons. The number of amides is 2. The van der Waals surface area contributed by atoms with E-state index >= 15 is 0 Å². The lowest BCUT2D eigenvalue weighted by molar-refractivity contribution is -0.130. The van der Waals surface area contributed by atoms with Crippen LogP contribution in [0.3, 0.4) is 0 Å². The van der Waals surface area contributed by atoms with Gasteiger partial charge in [-0.25, -0.2) is 4.98 Å². The molecule has 2 amide bonds. The van der Waals surface area contributed by atoms with E-state index in [1.54, 1.807) is 12.3 Å². The van der Waals surface area contributed by atoms with E-state index in [1.165, 1.54) is 11.3 Å². The molecule has 0 spiro atoms. The second kappa shape index (κ2) is 8.26. The molecule has 3 heterocycles. The fraction of sp³-hybridized carbons (Fsp3) is 0.471. The zero-order chi connectivity index (χ0) is 17.6. The van der Waals surface area contributed by atoms with Gasteiger partial charge in [0, 0.05) is 45.6 Å². The van der Waals surface area contributed by atoms with Gasteiger partial charge in [0.1, 0.15) is 5.82 Å². The number of aromatic nitrogens is 2. The van der Waals surface area contributed by atoms with Crippen LogP contribution in [0, 0.1) is 0 Å². The lowest BCUT2D eigenvalue weighted by Gasteiger charge is -2.22. The molecule has 2 aromatic rings. The van der Waals surface area contributed by atoms with Crippen LogP contribution in [0.4, 0.5) is 0 Å². The summed E-state index contributed by atoms with van der Waals surface area (Å²) in [5.41, 5.74) is 0. The van der Waals surface area contributed by atoms with Crippen molar-refractivity contribution in [1.29, 1.82) is 0 Å². The highest BCUT2D eigenvalue weighted by molar-refractivity contribution is 7.12. The van der Waals surface area contributed by atoms with Crippen molar-refractivity contribution < 1.29 is 9.59 Å². The molecule has 1 aliphatic heterocycles. The highest BCUT2D eigenvalue weighted by Crippen LogP contribution is 2.09. The van der Waals surface area contributed by atoms with Crippen LogP contribution in [0.1, 0.15) is 21.9 Å². The molecule has 2 aromatic heterocycles. The predicted molar refractivity (Wildman–Crippen MR) is 96.3 cm³/mol. The zero-order valence-electron chi connectivity index (χ0n) is 14.4. The van der Waals surface area contributed by atoms with E-state index in [4.69, 9.17) is 0 Å². The molecule has 0 aliphatic carbocycles. The maximum atomic E-state index is 12.4. The number of rotatable bonds is 5. The molecule has 1 N–H and O–H groups in total. The third kappa shape index (κ3) is 4.67. The average Bonchev–Trinajstić information content (AvgIpc) is 3.21. The normalized spacial score (nSPS) is 15.8. The van der Waals surface area contributed by atoms with Gasteiger partial charge >= 0.3 is 0 Å². The van der Waals surface area contributed by atoms with Crippen molar-refractivity contribution in [1.82, 2.24) is 24.7 Å². The van der Waals surface area contributed by atoms with Crippen LogP contribution in [-0.2, 0) is 18.4 Å². The molecule has 0 bridgehead atoms. The van der Waals surface area contributed by atoms with E-state index in [1.807, 2.05) is 34.2 Å². The molecule has 0 aromatic carbocycles. The van der Waals surface area contributed by atoms with Gasteiger partial charge in [0.25, 0.3) is 5.91 Å². The molecule has 1 saturated heterocycles. The molecule has 1 aliphatic rings. The number of carbonyl (C=O) groups is 2. The third-order valence-corrected chi connectivity index (χ3v) is 5.24. The van der Waals surface area contributed by atoms with Gasteiger partial charge in [-0.05, 0) is 17.9 Å². The van der Waals surface area contributed by atoms with Crippen molar-refractivity contribution in [2.45, 2.75) is 13.0 Å². The van der Waals surface area contributed by atoms with Crippen LogP contribution >= 0.6 is 11.3 Å². The number of hydrogen-bond acceptors (Lipinski definition) is 5. The largest absolute Gasteiger partial charge is 0.342 e. The second-order valence-electron chi connectivity index (χ2n) is 6.12. The summed E-state index contributed by atoms with van der Waals surface area (Å²) in [6, 6.07) is 3.58. The summed E-state index contributed by atoms with van der Waals surface area (Å²) in [7, 11) is 1.99. The molecular formula is C17H23N5O2S. The van der Waals surface area contributed by atoms with Crippen LogP contribution in [0.5, 0.6) is 0 Å². The van der Waals surface area contributed by atoms with Gasteiger partial charge in [0.15, 0.2) is 0 Å². The Morgan fingerprint density at radius 1 is 1.28 bits per heavy atom. The first kappa shape index (κ1) is 17.6. The lowest BCUT2D eigenvalue weighted by Crippen LogP contribution is -2.41. The van der Waals surface area contributed by atoms with E-state index in [-0.39, 0.29) is 18.4 Å². The average molecular weight is 361 g/mol. The van der Waals surface area contributed by atoms with Gasteiger partial charge in [0.05, 0.1) is 18.0 Å². The number of hydrogen-bond donors (Lipinski definition) is 1. The highest BCUT2D eigenvalue weighted by Gasteiger charge is 2.20. The van der Waals surface area contributed by atoms with E-state index in [9.17, 15) is 9.59 Å². The van der Waals surface area contributed by atoms with Crippen molar-refractivity contribution in [3.8, 4) is 0 Å². The van der Waals surface area contributed by atoms with E-state index in [0.29, 0.717) is 11.4 Å². The van der Waals surface area contributed by atoms with E-state index in [0.717, 1.165) is 38.4 Å². The lowest BCUT2D eigenvalue weighted by atomic mass is 10.3. The van der Waals surface area contributed by atoms with Gasteiger partial charge in [0.2, 0.25) is 5.91 Å². The number of aryl methyl sites for hydroxylation is 1. The van der Waals surface area contributed by atoms with Gasteiger partial charge < -0.3 is 14.8 Å². The first-order valence-electron chi connectivity index (χ1n) is 8.41.